The number of benzene rings is 1. The predicted octanol–water partition coefficient (Wildman–Crippen LogP) is 2.17. The quantitative estimate of drug-likeness (QED) is 0.481. The predicted molar refractivity (Wildman–Crippen MR) is 91.3 cm³/mol. The van der Waals surface area contributed by atoms with Gasteiger partial charge in [0.1, 0.15) is 6.10 Å². The van der Waals surface area contributed by atoms with Crippen molar-refractivity contribution in [3.8, 4) is 5.75 Å². The minimum atomic E-state index is -0.358. The number of halogens is 1. The molecule has 0 aliphatic heterocycles. The molecule has 0 radical (unpaired) electrons. The fourth-order valence-corrected chi connectivity index (χ4v) is 1.85. The Bertz CT molecular complexity index is 483. The third-order valence-corrected chi connectivity index (χ3v) is 3.30. The summed E-state index contributed by atoms with van der Waals surface area (Å²) in [6.45, 7) is 7.82. The van der Waals surface area contributed by atoms with Gasteiger partial charge in [0.05, 0.1) is 6.54 Å². The van der Waals surface area contributed by atoms with Gasteiger partial charge in [-0.05, 0) is 31.4 Å². The fraction of sp³-hybridized carbons (Fsp3) is 0.588. The second-order valence-electron chi connectivity index (χ2n) is 5.47. The second-order valence-corrected chi connectivity index (χ2v) is 5.47. The van der Waals surface area contributed by atoms with E-state index in [2.05, 4.69) is 15.6 Å². The van der Waals surface area contributed by atoms with E-state index in [1.165, 1.54) is 6.07 Å². The van der Waals surface area contributed by atoms with Crippen LogP contribution in [0, 0.1) is 11.7 Å². The van der Waals surface area contributed by atoms with Crippen LogP contribution in [0.5, 0.6) is 5.75 Å². The van der Waals surface area contributed by atoms with Gasteiger partial charge in [0.15, 0.2) is 17.5 Å². The van der Waals surface area contributed by atoms with Gasteiger partial charge in [0.25, 0.3) is 0 Å². The lowest BCUT2D eigenvalue weighted by Crippen LogP contribution is -2.42. The average Bonchev–Trinajstić information content (AvgIpc) is 2.57. The van der Waals surface area contributed by atoms with E-state index in [1.54, 1.807) is 18.2 Å². The first-order valence-corrected chi connectivity index (χ1v) is 8.14. The highest BCUT2D eigenvalue weighted by molar-refractivity contribution is 5.79. The van der Waals surface area contributed by atoms with Crippen molar-refractivity contribution < 1.29 is 14.2 Å². The van der Waals surface area contributed by atoms with E-state index in [4.69, 9.17) is 9.84 Å². The Labute approximate surface area is 138 Å². The van der Waals surface area contributed by atoms with Crippen molar-refractivity contribution in [1.82, 2.24) is 10.6 Å². The molecule has 0 spiro atoms. The molecule has 1 aromatic rings. The molecule has 6 heteroatoms. The number of hydrogen-bond acceptors (Lipinski definition) is 3. The van der Waals surface area contributed by atoms with E-state index < -0.39 is 0 Å². The lowest BCUT2D eigenvalue weighted by atomic mass is 10.2. The van der Waals surface area contributed by atoms with Crippen molar-refractivity contribution in [1.29, 1.82) is 0 Å². The monoisotopic (exact) mass is 325 g/mol. The van der Waals surface area contributed by atoms with Crippen LogP contribution in [-0.2, 0) is 0 Å². The number of para-hydroxylation sites is 1. The smallest absolute Gasteiger partial charge is 0.191 e. The number of ether oxygens (including phenoxy) is 1. The van der Waals surface area contributed by atoms with Gasteiger partial charge in [0.2, 0.25) is 0 Å². The molecule has 0 heterocycles. The summed E-state index contributed by atoms with van der Waals surface area (Å²) in [5.74, 6) is 0.686. The van der Waals surface area contributed by atoms with Gasteiger partial charge < -0.3 is 20.5 Å². The summed E-state index contributed by atoms with van der Waals surface area (Å²) in [7, 11) is 0. The molecule has 0 bridgehead atoms. The van der Waals surface area contributed by atoms with E-state index in [9.17, 15) is 4.39 Å². The Morgan fingerprint density at radius 2 is 2.04 bits per heavy atom. The average molecular weight is 325 g/mol. The van der Waals surface area contributed by atoms with Gasteiger partial charge in [-0.1, -0.05) is 26.0 Å². The van der Waals surface area contributed by atoms with E-state index in [0.717, 1.165) is 13.0 Å². The largest absolute Gasteiger partial charge is 0.486 e. The minimum Gasteiger partial charge on any atom is -0.486 e. The normalized spacial score (nSPS) is 14.2. The SMILES string of the molecule is CCNC(=NCC(C)CO)NCC(CC)Oc1ccccc1F. The van der Waals surface area contributed by atoms with Crippen LogP contribution in [0.1, 0.15) is 27.2 Å². The number of aliphatic imine (C=N–C) groups is 1. The van der Waals surface area contributed by atoms with Crippen LogP contribution in [0.4, 0.5) is 4.39 Å². The summed E-state index contributed by atoms with van der Waals surface area (Å²) in [4.78, 5) is 4.42. The minimum absolute atomic E-state index is 0.108. The summed E-state index contributed by atoms with van der Waals surface area (Å²) in [6, 6.07) is 6.40. The van der Waals surface area contributed by atoms with Crippen molar-refractivity contribution in [3.05, 3.63) is 30.1 Å². The van der Waals surface area contributed by atoms with Gasteiger partial charge in [-0.3, -0.25) is 4.99 Å². The fourth-order valence-electron chi connectivity index (χ4n) is 1.85. The molecule has 0 saturated carbocycles. The molecule has 0 amide bonds. The van der Waals surface area contributed by atoms with Crippen molar-refractivity contribution in [2.45, 2.75) is 33.3 Å². The molecule has 0 aromatic heterocycles. The van der Waals surface area contributed by atoms with Crippen LogP contribution in [0.2, 0.25) is 0 Å². The summed E-state index contributed by atoms with van der Waals surface area (Å²) in [5, 5.41) is 15.4. The Kier molecular flexibility index (Phi) is 9.05. The molecule has 0 aliphatic rings. The molecule has 5 nitrogen and oxygen atoms in total. The third-order valence-electron chi connectivity index (χ3n) is 3.30. The Hall–Kier alpha value is -1.82. The molecule has 3 N–H and O–H groups in total. The molecule has 1 aromatic carbocycles. The molecule has 0 fully saturated rings. The molecule has 130 valence electrons. The second kappa shape index (κ2) is 10.8. The van der Waals surface area contributed by atoms with Crippen LogP contribution in [0.15, 0.2) is 29.3 Å². The first-order valence-electron chi connectivity index (χ1n) is 8.14. The van der Waals surface area contributed by atoms with E-state index in [1.807, 2.05) is 20.8 Å². The number of guanidine groups is 1. The first-order chi connectivity index (χ1) is 11.1. The molecular formula is C17H28FN3O2. The number of aliphatic hydroxyl groups excluding tert-OH is 1. The summed E-state index contributed by atoms with van der Waals surface area (Å²) >= 11 is 0. The van der Waals surface area contributed by atoms with Gasteiger partial charge in [-0.25, -0.2) is 4.39 Å². The van der Waals surface area contributed by atoms with E-state index in [-0.39, 0.29) is 30.2 Å². The van der Waals surface area contributed by atoms with Crippen LogP contribution < -0.4 is 15.4 Å². The Morgan fingerprint density at radius 1 is 1.30 bits per heavy atom. The molecule has 0 saturated heterocycles. The van der Waals surface area contributed by atoms with Crippen molar-refractivity contribution in [3.63, 3.8) is 0 Å². The number of nitrogens with zero attached hydrogens (tertiary/aromatic N) is 1. The zero-order valence-corrected chi connectivity index (χ0v) is 14.2. The molecule has 23 heavy (non-hydrogen) atoms. The maximum atomic E-state index is 13.6. The molecule has 2 unspecified atom stereocenters. The van der Waals surface area contributed by atoms with Gasteiger partial charge >= 0.3 is 0 Å². The van der Waals surface area contributed by atoms with Crippen molar-refractivity contribution in [2.24, 2.45) is 10.9 Å². The first kappa shape index (κ1) is 19.2. The van der Waals surface area contributed by atoms with E-state index in [0.29, 0.717) is 19.0 Å². The van der Waals surface area contributed by atoms with Crippen LogP contribution in [0.3, 0.4) is 0 Å². The highest BCUT2D eigenvalue weighted by atomic mass is 19.1. The molecular weight excluding hydrogens is 297 g/mol. The third kappa shape index (κ3) is 7.32. The van der Waals surface area contributed by atoms with E-state index >= 15 is 0 Å². The number of hydrogen-bond donors (Lipinski definition) is 3. The van der Waals surface area contributed by atoms with Crippen LogP contribution in [0.25, 0.3) is 0 Å². The standard InChI is InChI=1S/C17H28FN3O2/c1-4-14(23-16-9-7-6-8-15(16)18)11-21-17(19-5-2)20-10-13(3)12-22/h6-9,13-14,22H,4-5,10-12H2,1-3H3,(H2,19,20,21). The van der Waals surface area contributed by atoms with Gasteiger partial charge in [-0.2, -0.15) is 0 Å². The summed E-state index contributed by atoms with van der Waals surface area (Å²) in [6.07, 6.45) is 0.583. The summed E-state index contributed by atoms with van der Waals surface area (Å²) in [5.41, 5.74) is 0. The zero-order valence-electron chi connectivity index (χ0n) is 14.2. The zero-order chi connectivity index (χ0) is 17.1. The topological polar surface area (TPSA) is 65.9 Å². The number of aliphatic hydroxyl groups is 1. The highest BCUT2D eigenvalue weighted by Gasteiger charge is 2.12. The molecule has 1 rings (SSSR count). The maximum absolute atomic E-state index is 13.6. The maximum Gasteiger partial charge on any atom is 0.191 e. The van der Waals surface area contributed by atoms with Crippen molar-refractivity contribution >= 4 is 5.96 Å². The Balaban J connectivity index is 2.57. The Morgan fingerprint density at radius 3 is 2.65 bits per heavy atom. The lowest BCUT2D eigenvalue weighted by molar-refractivity contribution is 0.191. The highest BCUT2D eigenvalue weighted by Crippen LogP contribution is 2.17. The number of nitrogens with one attached hydrogen (secondary N) is 2. The lowest BCUT2D eigenvalue weighted by Gasteiger charge is -2.20. The molecule has 2 atom stereocenters. The van der Waals surface area contributed by atoms with Gasteiger partial charge in [-0.15, -0.1) is 0 Å². The van der Waals surface area contributed by atoms with Crippen LogP contribution >= 0.6 is 0 Å². The van der Waals surface area contributed by atoms with Crippen molar-refractivity contribution in [2.75, 3.05) is 26.2 Å². The molecule has 0 aliphatic carbocycles. The number of rotatable bonds is 9. The van der Waals surface area contributed by atoms with Crippen LogP contribution in [-0.4, -0.2) is 43.4 Å². The van der Waals surface area contributed by atoms with Gasteiger partial charge in [0, 0.05) is 19.7 Å². The summed E-state index contributed by atoms with van der Waals surface area (Å²) < 4.78 is 19.4.